The Morgan fingerprint density at radius 2 is 0.821 bits per heavy atom. The van der Waals surface area contributed by atoms with Crippen molar-refractivity contribution in [1.82, 2.24) is 15.0 Å². The fourth-order valence-electron chi connectivity index (χ4n) is 9.45. The molecule has 2 heterocycles. The van der Waals surface area contributed by atoms with Crippen molar-refractivity contribution in [1.29, 1.82) is 0 Å². The second-order valence-electron chi connectivity index (χ2n) is 14.6. The highest BCUT2D eigenvalue weighted by Gasteiger charge is 2.51. The number of benzene rings is 8. The molecular weight excluding hydrogens is 683 g/mol. The van der Waals surface area contributed by atoms with Crippen LogP contribution in [0.4, 0.5) is 0 Å². The van der Waals surface area contributed by atoms with Crippen molar-refractivity contribution < 1.29 is 4.42 Å². The van der Waals surface area contributed by atoms with E-state index in [0.717, 1.165) is 49.8 Å². The number of hydrogen-bond acceptors (Lipinski definition) is 4. The second-order valence-corrected chi connectivity index (χ2v) is 14.6. The first-order chi connectivity index (χ1) is 27.8. The summed E-state index contributed by atoms with van der Waals surface area (Å²) < 4.78 is 6.53. The Bertz CT molecular complexity index is 3150. The van der Waals surface area contributed by atoms with Gasteiger partial charge in [-0.1, -0.05) is 176 Å². The molecule has 8 aromatic carbocycles. The quantitative estimate of drug-likeness (QED) is 0.182. The summed E-state index contributed by atoms with van der Waals surface area (Å²) in [5.74, 6) is 1.85. The van der Waals surface area contributed by atoms with Crippen molar-refractivity contribution in [3.63, 3.8) is 0 Å². The molecule has 2 aliphatic carbocycles. The van der Waals surface area contributed by atoms with Gasteiger partial charge in [0, 0.05) is 33.0 Å². The van der Waals surface area contributed by atoms with Crippen molar-refractivity contribution in [3.05, 3.63) is 210 Å². The number of rotatable bonds is 4. The topological polar surface area (TPSA) is 51.8 Å². The van der Waals surface area contributed by atoms with Gasteiger partial charge in [0.15, 0.2) is 17.5 Å². The van der Waals surface area contributed by atoms with Crippen molar-refractivity contribution in [2.75, 3.05) is 0 Å². The monoisotopic (exact) mass is 713 g/mol. The molecule has 0 radical (unpaired) electrons. The van der Waals surface area contributed by atoms with E-state index in [4.69, 9.17) is 19.4 Å². The van der Waals surface area contributed by atoms with E-state index in [1.54, 1.807) is 0 Å². The molecule has 56 heavy (non-hydrogen) atoms. The van der Waals surface area contributed by atoms with Crippen molar-refractivity contribution in [2.45, 2.75) is 5.41 Å². The maximum atomic E-state index is 6.53. The molecule has 4 nitrogen and oxygen atoms in total. The predicted octanol–water partition coefficient (Wildman–Crippen LogP) is 12.8. The van der Waals surface area contributed by atoms with Crippen LogP contribution in [0.1, 0.15) is 22.3 Å². The normalized spacial score (nSPS) is 13.1. The lowest BCUT2D eigenvalue weighted by molar-refractivity contribution is 0.670. The third-order valence-corrected chi connectivity index (χ3v) is 11.8. The van der Waals surface area contributed by atoms with E-state index in [9.17, 15) is 0 Å². The van der Waals surface area contributed by atoms with Gasteiger partial charge in [0.1, 0.15) is 11.2 Å². The third kappa shape index (κ3) is 4.27. The summed E-state index contributed by atoms with van der Waals surface area (Å²) in [6.45, 7) is 0. The average molecular weight is 714 g/mol. The molecular formula is C52H31N3O. The Morgan fingerprint density at radius 1 is 0.321 bits per heavy atom. The molecule has 1 spiro atoms. The number of aromatic nitrogens is 3. The lowest BCUT2D eigenvalue weighted by Crippen LogP contribution is -2.25. The summed E-state index contributed by atoms with van der Waals surface area (Å²) in [4.78, 5) is 15.7. The minimum atomic E-state index is -0.467. The van der Waals surface area contributed by atoms with Crippen molar-refractivity contribution in [3.8, 4) is 67.5 Å². The number of furan rings is 1. The molecule has 0 unspecified atom stereocenters. The number of fused-ring (bicyclic) bond motifs is 13. The molecule has 12 rings (SSSR count). The summed E-state index contributed by atoms with van der Waals surface area (Å²) in [6.07, 6.45) is 0. The summed E-state index contributed by atoms with van der Waals surface area (Å²) in [5, 5.41) is 2.18. The molecule has 0 amide bonds. The fourth-order valence-corrected chi connectivity index (χ4v) is 9.45. The Kier molecular flexibility index (Phi) is 6.52. The van der Waals surface area contributed by atoms with Crippen molar-refractivity contribution in [2.24, 2.45) is 0 Å². The standard InChI is InChI=1S/C52H31N3O/c1-2-15-32(16-3-1)49-53-50(55-51(54-49)42-22-5-4-17-34(42)40-23-14-24-41-39-21-9-13-28-47(39)56-48(40)41)33-29-30-38-37-20-8-12-27-45(37)52(46(38)31-33)43-25-10-6-18-35(43)36-19-7-11-26-44(36)52/h1-31H. The number of nitrogens with zero attached hydrogens (tertiary/aromatic N) is 3. The van der Waals surface area contributed by atoms with Gasteiger partial charge in [-0.05, 0) is 62.2 Å². The van der Waals surface area contributed by atoms with Crippen LogP contribution in [0.25, 0.3) is 89.5 Å². The smallest absolute Gasteiger partial charge is 0.164 e. The Labute approximate surface area is 323 Å². The minimum Gasteiger partial charge on any atom is -0.455 e. The Hall–Kier alpha value is -7.43. The van der Waals surface area contributed by atoms with Crippen LogP contribution in [0.5, 0.6) is 0 Å². The molecule has 10 aromatic rings. The molecule has 4 heteroatoms. The first-order valence-electron chi connectivity index (χ1n) is 19.0. The van der Waals surface area contributed by atoms with Crippen LogP contribution in [0.3, 0.4) is 0 Å². The lowest BCUT2D eigenvalue weighted by Gasteiger charge is -2.30. The van der Waals surface area contributed by atoms with E-state index < -0.39 is 5.41 Å². The summed E-state index contributed by atoms with van der Waals surface area (Å²) in [7, 11) is 0. The maximum absolute atomic E-state index is 6.53. The van der Waals surface area contributed by atoms with Gasteiger partial charge in [0.2, 0.25) is 0 Å². The van der Waals surface area contributed by atoms with Crippen LogP contribution in [0.15, 0.2) is 192 Å². The van der Waals surface area contributed by atoms with Gasteiger partial charge < -0.3 is 4.42 Å². The number of hydrogen-bond donors (Lipinski definition) is 0. The van der Waals surface area contributed by atoms with Gasteiger partial charge in [0.25, 0.3) is 0 Å². The largest absolute Gasteiger partial charge is 0.455 e. The van der Waals surface area contributed by atoms with Gasteiger partial charge in [-0.25, -0.2) is 15.0 Å². The lowest BCUT2D eigenvalue weighted by atomic mass is 9.70. The van der Waals surface area contributed by atoms with E-state index in [0.29, 0.717) is 17.5 Å². The molecule has 0 saturated heterocycles. The molecule has 260 valence electrons. The fraction of sp³-hybridized carbons (Fsp3) is 0.0192. The van der Waals surface area contributed by atoms with E-state index in [1.807, 2.05) is 30.3 Å². The van der Waals surface area contributed by atoms with Crippen LogP contribution in [0.2, 0.25) is 0 Å². The maximum Gasteiger partial charge on any atom is 0.164 e. The van der Waals surface area contributed by atoms with Crippen LogP contribution >= 0.6 is 0 Å². The van der Waals surface area contributed by atoms with Crippen LogP contribution in [-0.2, 0) is 5.41 Å². The molecule has 0 atom stereocenters. The Balaban J connectivity index is 1.10. The molecule has 2 aromatic heterocycles. The van der Waals surface area contributed by atoms with E-state index >= 15 is 0 Å². The third-order valence-electron chi connectivity index (χ3n) is 11.8. The van der Waals surface area contributed by atoms with E-state index in [1.165, 1.54) is 44.5 Å². The molecule has 0 saturated carbocycles. The molecule has 0 N–H and O–H groups in total. The van der Waals surface area contributed by atoms with Crippen LogP contribution in [0, 0.1) is 0 Å². The summed E-state index contributed by atoms with van der Waals surface area (Å²) in [6, 6.07) is 66.6. The number of para-hydroxylation sites is 2. The van der Waals surface area contributed by atoms with Gasteiger partial charge in [0.05, 0.1) is 5.41 Å². The molecule has 0 fully saturated rings. The van der Waals surface area contributed by atoms with Crippen LogP contribution in [-0.4, -0.2) is 15.0 Å². The van der Waals surface area contributed by atoms with Gasteiger partial charge >= 0.3 is 0 Å². The SMILES string of the molecule is c1ccc(-c2nc(-c3ccc4c(c3)C3(c5ccccc5-c5ccccc53)c3ccccc3-4)nc(-c3ccccc3-c3cccc4c3oc3ccccc34)n2)cc1. The predicted molar refractivity (Wildman–Crippen MR) is 225 cm³/mol. The van der Waals surface area contributed by atoms with Gasteiger partial charge in [-0.2, -0.15) is 0 Å². The zero-order valence-corrected chi connectivity index (χ0v) is 30.1. The zero-order valence-electron chi connectivity index (χ0n) is 30.1. The highest BCUT2D eigenvalue weighted by atomic mass is 16.3. The summed E-state index contributed by atoms with van der Waals surface area (Å²) in [5.41, 5.74) is 16.2. The molecule has 0 aliphatic heterocycles. The zero-order chi connectivity index (χ0) is 36.8. The first-order valence-corrected chi connectivity index (χ1v) is 19.0. The van der Waals surface area contributed by atoms with Crippen LogP contribution < -0.4 is 0 Å². The van der Waals surface area contributed by atoms with E-state index in [-0.39, 0.29) is 0 Å². The highest BCUT2D eigenvalue weighted by Crippen LogP contribution is 2.63. The average Bonchev–Trinajstić information content (AvgIpc) is 3.91. The molecule has 0 bridgehead atoms. The van der Waals surface area contributed by atoms with Gasteiger partial charge in [-0.3, -0.25) is 0 Å². The highest BCUT2D eigenvalue weighted by molar-refractivity contribution is 6.10. The van der Waals surface area contributed by atoms with Crippen molar-refractivity contribution >= 4 is 21.9 Å². The minimum absolute atomic E-state index is 0.467. The molecule has 2 aliphatic rings. The summed E-state index contributed by atoms with van der Waals surface area (Å²) >= 11 is 0. The second kappa shape index (κ2) is 11.8. The van der Waals surface area contributed by atoms with E-state index in [2.05, 4.69) is 158 Å². The van der Waals surface area contributed by atoms with Gasteiger partial charge in [-0.15, -0.1) is 0 Å². The Morgan fingerprint density at radius 3 is 1.52 bits per heavy atom. The first kappa shape index (κ1) is 31.0.